The molecule has 7 nitrogen and oxygen atoms in total. The first kappa shape index (κ1) is 18.2. The number of carbonyl (C=O) groups is 1. The summed E-state index contributed by atoms with van der Waals surface area (Å²) >= 11 is 0. The number of aliphatic hydroxyl groups is 1. The quantitative estimate of drug-likeness (QED) is 0.630. The number of methoxy groups -OCH3 is 1. The highest BCUT2D eigenvalue weighted by Crippen LogP contribution is 2.38. The van der Waals surface area contributed by atoms with E-state index < -0.39 is 0 Å². The third-order valence-electron chi connectivity index (χ3n) is 5.23. The van der Waals surface area contributed by atoms with Crippen molar-refractivity contribution >= 4 is 16.8 Å². The van der Waals surface area contributed by atoms with E-state index in [0.29, 0.717) is 35.2 Å². The minimum absolute atomic E-state index is 0.0994. The van der Waals surface area contributed by atoms with Crippen LogP contribution in [0.1, 0.15) is 34.8 Å². The lowest BCUT2D eigenvalue weighted by molar-refractivity contribution is 0.0235. The number of H-pyrrole nitrogens is 1. The lowest BCUT2D eigenvalue weighted by atomic mass is 9.75. The van der Waals surface area contributed by atoms with E-state index in [0.717, 1.165) is 5.56 Å². The van der Waals surface area contributed by atoms with E-state index in [2.05, 4.69) is 15.3 Å². The molecule has 0 spiro atoms. The minimum atomic E-state index is -0.351. The van der Waals surface area contributed by atoms with Crippen LogP contribution in [0.4, 0.5) is 0 Å². The van der Waals surface area contributed by atoms with Gasteiger partial charge in [0.2, 0.25) is 11.4 Å². The summed E-state index contributed by atoms with van der Waals surface area (Å²) in [5, 5.41) is 13.5. The van der Waals surface area contributed by atoms with Crippen molar-refractivity contribution in [2.24, 2.45) is 5.92 Å². The molecule has 1 unspecified atom stereocenters. The monoisotopic (exact) mass is 379 g/mol. The number of rotatable bonds is 5. The molecule has 2 aromatic heterocycles. The van der Waals surface area contributed by atoms with Crippen molar-refractivity contribution < 1.29 is 14.6 Å². The van der Waals surface area contributed by atoms with Crippen LogP contribution in [0.5, 0.6) is 5.88 Å². The fraction of sp³-hybridized carbons (Fsp3) is 0.286. The summed E-state index contributed by atoms with van der Waals surface area (Å²) < 4.78 is 5.10. The number of aromatic nitrogens is 2. The van der Waals surface area contributed by atoms with E-state index in [4.69, 9.17) is 4.74 Å². The molecule has 4 rings (SSSR count). The van der Waals surface area contributed by atoms with Crippen molar-refractivity contribution in [3.05, 3.63) is 70.1 Å². The number of hydrogen-bond donors (Lipinski definition) is 3. The van der Waals surface area contributed by atoms with Gasteiger partial charge in [0.25, 0.3) is 5.91 Å². The van der Waals surface area contributed by atoms with Gasteiger partial charge in [-0.15, -0.1) is 0 Å². The highest BCUT2D eigenvalue weighted by Gasteiger charge is 2.36. The number of nitrogens with one attached hydrogen (secondary N) is 2. The topological polar surface area (TPSA) is 104 Å². The van der Waals surface area contributed by atoms with Crippen LogP contribution in [0.2, 0.25) is 0 Å². The third-order valence-corrected chi connectivity index (χ3v) is 5.23. The Balaban J connectivity index is 1.67. The number of benzene rings is 1. The predicted molar refractivity (Wildman–Crippen MR) is 104 cm³/mol. The second-order valence-electron chi connectivity index (χ2n) is 7.06. The normalized spacial score (nSPS) is 19.6. The van der Waals surface area contributed by atoms with Crippen LogP contribution in [0.3, 0.4) is 0 Å². The molecular formula is C21H21N3O4. The van der Waals surface area contributed by atoms with Gasteiger partial charge in [0, 0.05) is 29.2 Å². The number of hydrogen-bond acceptors (Lipinski definition) is 5. The maximum Gasteiger partial charge on any atom is 0.252 e. The summed E-state index contributed by atoms with van der Waals surface area (Å²) in [5.74, 6) is 0.259. The van der Waals surface area contributed by atoms with E-state index in [1.165, 1.54) is 6.07 Å². The van der Waals surface area contributed by atoms with Gasteiger partial charge < -0.3 is 20.1 Å². The number of nitrogens with zero attached hydrogens (tertiary/aromatic N) is 1. The molecule has 0 aliphatic heterocycles. The zero-order valence-corrected chi connectivity index (χ0v) is 15.4. The molecule has 144 valence electrons. The largest absolute Gasteiger partial charge is 0.481 e. The van der Waals surface area contributed by atoms with Crippen molar-refractivity contribution in [1.82, 2.24) is 15.3 Å². The summed E-state index contributed by atoms with van der Waals surface area (Å²) in [5.41, 5.74) is 1.44. The van der Waals surface area contributed by atoms with Crippen molar-refractivity contribution in [3.63, 3.8) is 0 Å². The Hall–Kier alpha value is -3.19. The Morgan fingerprint density at radius 2 is 2.07 bits per heavy atom. The second kappa shape index (κ2) is 7.44. The maximum absolute atomic E-state index is 13.1. The van der Waals surface area contributed by atoms with Gasteiger partial charge in [-0.1, -0.05) is 24.3 Å². The molecule has 1 amide bonds. The first-order chi connectivity index (χ1) is 13.5. The van der Waals surface area contributed by atoms with Gasteiger partial charge in [0.1, 0.15) is 0 Å². The van der Waals surface area contributed by atoms with Gasteiger partial charge in [-0.05, 0) is 30.4 Å². The van der Waals surface area contributed by atoms with Crippen LogP contribution >= 0.6 is 0 Å². The van der Waals surface area contributed by atoms with Crippen molar-refractivity contribution in [1.29, 1.82) is 0 Å². The number of aliphatic hydroxyl groups excluding tert-OH is 1. The summed E-state index contributed by atoms with van der Waals surface area (Å²) in [6.07, 6.45) is 2.53. The molecule has 1 aromatic carbocycles. The van der Waals surface area contributed by atoms with E-state index in [-0.39, 0.29) is 29.5 Å². The Bertz CT molecular complexity index is 1060. The molecule has 1 fully saturated rings. The van der Waals surface area contributed by atoms with Gasteiger partial charge in [0.05, 0.1) is 24.8 Å². The smallest absolute Gasteiger partial charge is 0.252 e. The van der Waals surface area contributed by atoms with Crippen molar-refractivity contribution in [2.75, 3.05) is 7.11 Å². The SMILES string of the molecule is COc1ccc(C(NC(=O)c2cc(=O)[nH]c3ccccc23)C2CC(O)C2)cn1. The van der Waals surface area contributed by atoms with Crippen molar-refractivity contribution in [2.45, 2.75) is 25.0 Å². The van der Waals surface area contributed by atoms with E-state index in [9.17, 15) is 14.7 Å². The zero-order valence-electron chi connectivity index (χ0n) is 15.4. The van der Waals surface area contributed by atoms with Gasteiger partial charge in [-0.2, -0.15) is 0 Å². The predicted octanol–water partition coefficient (Wildman–Crippen LogP) is 2.17. The Labute approximate surface area is 161 Å². The molecule has 2 heterocycles. The number of pyridine rings is 2. The molecule has 1 aliphatic rings. The molecule has 1 saturated carbocycles. The highest BCUT2D eigenvalue weighted by molar-refractivity contribution is 6.06. The molecule has 7 heteroatoms. The summed E-state index contributed by atoms with van der Waals surface area (Å²) in [6, 6.07) is 11.8. The lowest BCUT2D eigenvalue weighted by Gasteiger charge is -2.38. The molecule has 0 saturated heterocycles. The van der Waals surface area contributed by atoms with Crippen LogP contribution in [0, 0.1) is 5.92 Å². The molecule has 1 aliphatic carbocycles. The average Bonchev–Trinajstić information content (AvgIpc) is 2.69. The second-order valence-corrected chi connectivity index (χ2v) is 7.06. The molecule has 0 radical (unpaired) electrons. The average molecular weight is 379 g/mol. The Morgan fingerprint density at radius 1 is 1.29 bits per heavy atom. The number of amides is 1. The number of ether oxygens (including phenoxy) is 1. The number of aromatic amines is 1. The summed E-state index contributed by atoms with van der Waals surface area (Å²) in [7, 11) is 1.54. The maximum atomic E-state index is 13.1. The van der Waals surface area contributed by atoms with Crippen molar-refractivity contribution in [3.8, 4) is 5.88 Å². The van der Waals surface area contributed by atoms with Crippen LogP contribution in [-0.2, 0) is 0 Å². The van der Waals surface area contributed by atoms with Gasteiger partial charge in [-0.3, -0.25) is 9.59 Å². The number of fused-ring (bicyclic) bond motifs is 1. The fourth-order valence-corrected chi connectivity index (χ4v) is 3.68. The van der Waals surface area contributed by atoms with Crippen LogP contribution in [-0.4, -0.2) is 34.2 Å². The Kier molecular flexibility index (Phi) is 4.83. The first-order valence-corrected chi connectivity index (χ1v) is 9.16. The molecule has 28 heavy (non-hydrogen) atoms. The lowest BCUT2D eigenvalue weighted by Crippen LogP contribution is -2.41. The van der Waals surface area contributed by atoms with E-state index in [1.54, 1.807) is 31.5 Å². The molecular weight excluding hydrogens is 358 g/mol. The summed E-state index contributed by atoms with van der Waals surface area (Å²) in [6.45, 7) is 0. The van der Waals surface area contributed by atoms with Crippen LogP contribution in [0.15, 0.2) is 53.5 Å². The molecule has 3 aromatic rings. The van der Waals surface area contributed by atoms with Gasteiger partial charge in [0.15, 0.2) is 0 Å². The standard InChI is InChI=1S/C21H21N3O4/c1-28-19-7-6-12(11-22-19)20(13-8-14(25)9-13)24-21(27)16-10-18(26)23-17-5-3-2-4-15(16)17/h2-7,10-11,13-14,20,25H,8-9H2,1H3,(H,23,26)(H,24,27). The minimum Gasteiger partial charge on any atom is -0.481 e. The highest BCUT2D eigenvalue weighted by atomic mass is 16.5. The zero-order chi connectivity index (χ0) is 19.7. The number of carbonyl (C=O) groups excluding carboxylic acids is 1. The molecule has 3 N–H and O–H groups in total. The van der Waals surface area contributed by atoms with E-state index >= 15 is 0 Å². The summed E-state index contributed by atoms with van der Waals surface area (Å²) in [4.78, 5) is 32.0. The van der Waals surface area contributed by atoms with E-state index in [1.807, 2.05) is 18.2 Å². The molecule has 0 bridgehead atoms. The number of para-hydroxylation sites is 1. The van der Waals surface area contributed by atoms with Crippen LogP contribution < -0.4 is 15.6 Å². The fourth-order valence-electron chi connectivity index (χ4n) is 3.68. The first-order valence-electron chi connectivity index (χ1n) is 9.16. The Morgan fingerprint density at radius 3 is 2.75 bits per heavy atom. The third kappa shape index (κ3) is 3.48. The van der Waals surface area contributed by atoms with Crippen LogP contribution in [0.25, 0.3) is 10.9 Å². The molecule has 1 atom stereocenters. The van der Waals surface area contributed by atoms with Gasteiger partial charge >= 0.3 is 0 Å². The van der Waals surface area contributed by atoms with Gasteiger partial charge in [-0.25, -0.2) is 4.98 Å².